The number of hydrogen-bond donors (Lipinski definition) is 1. The zero-order valence-corrected chi connectivity index (χ0v) is 45.1. The van der Waals surface area contributed by atoms with E-state index in [1.807, 2.05) is 21.1 Å². The van der Waals surface area contributed by atoms with Crippen molar-refractivity contribution in [3.63, 3.8) is 0 Å². The number of ether oxygens (including phenoxy) is 4. The molecule has 0 aromatic carbocycles. The number of aliphatic carboxylic acids is 1. The summed E-state index contributed by atoms with van der Waals surface area (Å²) in [7, 11) is 5.93. The number of rotatable bonds is 47. The topological polar surface area (TPSA) is 108 Å². The molecule has 0 bridgehead atoms. The number of nitrogens with zero attached hydrogens (tertiary/aromatic N) is 1. The highest BCUT2D eigenvalue weighted by Crippen LogP contribution is 2.12. The normalized spacial score (nSPS) is 14.0. The first-order valence-electron chi connectivity index (χ1n) is 27.0. The number of likely N-dealkylation sites (N-methyl/N-ethyl adjacent to an activating group) is 1. The van der Waals surface area contributed by atoms with Gasteiger partial charge in [0.25, 0.3) is 6.29 Å². The van der Waals surface area contributed by atoms with Crippen LogP contribution in [0.15, 0.2) is 146 Å². The van der Waals surface area contributed by atoms with E-state index in [-0.39, 0.29) is 38.6 Å². The third-order valence-electron chi connectivity index (χ3n) is 10.6. The van der Waals surface area contributed by atoms with E-state index in [1.54, 1.807) is 0 Å². The van der Waals surface area contributed by atoms with E-state index in [4.69, 9.17) is 18.9 Å². The van der Waals surface area contributed by atoms with Crippen LogP contribution in [0.4, 0.5) is 0 Å². The van der Waals surface area contributed by atoms with Crippen molar-refractivity contribution in [2.45, 2.75) is 180 Å². The minimum absolute atomic E-state index is 0.168. The lowest BCUT2D eigenvalue weighted by atomic mass is 10.1. The first-order chi connectivity index (χ1) is 34.6. The largest absolute Gasteiger partial charge is 0.477 e. The first-order valence-corrected chi connectivity index (χ1v) is 27.0. The predicted molar refractivity (Wildman–Crippen MR) is 299 cm³/mol. The third kappa shape index (κ3) is 52.8. The molecule has 71 heavy (non-hydrogen) atoms. The van der Waals surface area contributed by atoms with Gasteiger partial charge in [-0.2, -0.15) is 0 Å². The van der Waals surface area contributed by atoms with Crippen LogP contribution in [-0.2, 0) is 33.3 Å². The first kappa shape index (κ1) is 66.2. The Morgan fingerprint density at radius 2 is 0.761 bits per heavy atom. The van der Waals surface area contributed by atoms with Crippen LogP contribution < -0.4 is 0 Å². The molecule has 0 aliphatic rings. The summed E-state index contributed by atoms with van der Waals surface area (Å²) < 4.78 is 22.8. The van der Waals surface area contributed by atoms with Gasteiger partial charge in [0, 0.05) is 12.8 Å². The summed E-state index contributed by atoms with van der Waals surface area (Å²) in [6.45, 7) is 4.55. The number of carbonyl (C=O) groups excluding carboxylic acids is 2. The molecule has 0 aliphatic carbocycles. The van der Waals surface area contributed by atoms with Crippen molar-refractivity contribution in [1.29, 1.82) is 0 Å². The van der Waals surface area contributed by atoms with Crippen LogP contribution in [0.5, 0.6) is 0 Å². The highest BCUT2D eigenvalue weighted by molar-refractivity contribution is 5.71. The molecule has 398 valence electrons. The monoisotopic (exact) mass is 985 g/mol. The van der Waals surface area contributed by atoms with E-state index in [9.17, 15) is 19.5 Å². The molecule has 0 saturated carbocycles. The Kier molecular flexibility index (Phi) is 48.0. The zero-order valence-electron chi connectivity index (χ0n) is 45.1. The van der Waals surface area contributed by atoms with Crippen LogP contribution in [-0.4, -0.2) is 87.4 Å². The number of carboxylic acid groups (broad SMARTS) is 1. The van der Waals surface area contributed by atoms with Gasteiger partial charge in [0.1, 0.15) is 13.2 Å². The summed E-state index contributed by atoms with van der Waals surface area (Å²) in [6.07, 6.45) is 72.0. The lowest BCUT2D eigenvalue weighted by Gasteiger charge is -2.25. The van der Waals surface area contributed by atoms with E-state index < -0.39 is 24.3 Å². The molecule has 2 unspecified atom stereocenters. The van der Waals surface area contributed by atoms with E-state index in [0.717, 1.165) is 128 Å². The molecule has 0 heterocycles. The fourth-order valence-corrected chi connectivity index (χ4v) is 6.49. The lowest BCUT2D eigenvalue weighted by Crippen LogP contribution is -2.40. The van der Waals surface area contributed by atoms with Crippen LogP contribution in [0, 0.1) is 0 Å². The molecule has 0 rings (SSSR count). The van der Waals surface area contributed by atoms with E-state index in [2.05, 4.69) is 160 Å². The summed E-state index contributed by atoms with van der Waals surface area (Å²) in [4.78, 5) is 37.4. The molecule has 0 saturated heterocycles. The Balaban J connectivity index is 4.47. The Hall–Kier alpha value is -4.83. The fraction of sp³-hybridized carbons (Fsp3) is 0.565. The van der Waals surface area contributed by atoms with Gasteiger partial charge in [0.2, 0.25) is 0 Å². The molecule has 0 aromatic rings. The molecule has 0 aliphatic heterocycles. The highest BCUT2D eigenvalue weighted by atomic mass is 16.7. The van der Waals surface area contributed by atoms with E-state index >= 15 is 0 Å². The minimum Gasteiger partial charge on any atom is -0.477 e. The van der Waals surface area contributed by atoms with Crippen molar-refractivity contribution in [1.82, 2.24) is 0 Å². The second-order valence-electron chi connectivity index (χ2n) is 18.4. The Labute approximate surface area is 432 Å². The van der Waals surface area contributed by atoms with Gasteiger partial charge < -0.3 is 28.5 Å². The second kappa shape index (κ2) is 51.5. The molecule has 9 nitrogen and oxygen atoms in total. The number of hydrogen-bond acceptors (Lipinski definition) is 7. The number of carboxylic acids is 1. The zero-order chi connectivity index (χ0) is 52.0. The molecule has 0 aromatic heterocycles. The summed E-state index contributed by atoms with van der Waals surface area (Å²) in [5.41, 5.74) is 0. The third-order valence-corrected chi connectivity index (χ3v) is 10.6. The van der Waals surface area contributed by atoms with Gasteiger partial charge in [0.15, 0.2) is 6.10 Å². The van der Waals surface area contributed by atoms with Crippen molar-refractivity contribution in [2.24, 2.45) is 0 Å². The van der Waals surface area contributed by atoms with Gasteiger partial charge >= 0.3 is 17.9 Å². The number of carbonyl (C=O) groups is 3. The Morgan fingerprint density at radius 1 is 0.423 bits per heavy atom. The number of esters is 2. The number of quaternary nitrogens is 1. The maximum Gasteiger partial charge on any atom is 0.361 e. The molecule has 9 heteroatoms. The molecule has 0 fully saturated rings. The van der Waals surface area contributed by atoms with Crippen LogP contribution in [0.3, 0.4) is 0 Å². The van der Waals surface area contributed by atoms with Gasteiger partial charge in [-0.15, -0.1) is 0 Å². The molecular weight excluding hydrogens is 887 g/mol. The molecule has 0 spiro atoms. The summed E-state index contributed by atoms with van der Waals surface area (Å²) in [5, 5.41) is 9.69. The molecule has 1 N–H and O–H groups in total. The van der Waals surface area contributed by atoms with Crippen molar-refractivity contribution in [3.8, 4) is 0 Å². The minimum atomic E-state index is -1.54. The van der Waals surface area contributed by atoms with Crippen LogP contribution in [0.25, 0.3) is 0 Å². The molecular formula is C62H98NO8+. The highest BCUT2D eigenvalue weighted by Gasteiger charge is 2.25. The van der Waals surface area contributed by atoms with Gasteiger partial charge in [-0.05, 0) is 116 Å². The summed E-state index contributed by atoms with van der Waals surface area (Å²) in [6, 6.07) is 0. The van der Waals surface area contributed by atoms with Crippen molar-refractivity contribution in [2.75, 3.05) is 47.5 Å². The Bertz CT molecular complexity index is 1670. The van der Waals surface area contributed by atoms with Crippen LogP contribution in [0.2, 0.25) is 0 Å². The quantitative estimate of drug-likeness (QED) is 0.0211. The molecule has 0 amide bonds. The van der Waals surface area contributed by atoms with Crippen molar-refractivity contribution < 1.29 is 42.9 Å². The summed E-state index contributed by atoms with van der Waals surface area (Å²) >= 11 is 0. The SMILES string of the molecule is CC/C=C\C/C=C\C/C=C\C/C=C\C/C=C\C/C=C\C/C=C\CCCCCC(=O)OC(COC(=O)CCCCCCC/C=C\C/C=C\C/C=C\C/C=C\C/C=C\CC)COC(OCC[N+](C)(C)C)C(=O)O. The predicted octanol–water partition coefficient (Wildman–Crippen LogP) is 15.7. The van der Waals surface area contributed by atoms with Gasteiger partial charge in [-0.1, -0.05) is 185 Å². The van der Waals surface area contributed by atoms with E-state index in [0.29, 0.717) is 23.9 Å². The van der Waals surface area contributed by atoms with Crippen LogP contribution in [0.1, 0.15) is 168 Å². The van der Waals surface area contributed by atoms with Crippen molar-refractivity contribution in [3.05, 3.63) is 146 Å². The fourth-order valence-electron chi connectivity index (χ4n) is 6.49. The molecule has 0 radical (unpaired) electrons. The van der Waals surface area contributed by atoms with Crippen molar-refractivity contribution >= 4 is 17.9 Å². The van der Waals surface area contributed by atoms with Crippen LogP contribution >= 0.6 is 0 Å². The maximum atomic E-state index is 12.8. The van der Waals surface area contributed by atoms with Gasteiger partial charge in [0.05, 0.1) is 34.4 Å². The van der Waals surface area contributed by atoms with Gasteiger partial charge in [-0.25, -0.2) is 4.79 Å². The average molecular weight is 985 g/mol. The molecule has 2 atom stereocenters. The number of allylic oxidation sites excluding steroid dienone is 24. The number of unbranched alkanes of at least 4 members (excludes halogenated alkanes) is 8. The smallest absolute Gasteiger partial charge is 0.361 e. The Morgan fingerprint density at radius 3 is 1.14 bits per heavy atom. The summed E-state index contributed by atoms with van der Waals surface area (Å²) in [5.74, 6) is -2.10. The second-order valence-corrected chi connectivity index (χ2v) is 18.4. The maximum absolute atomic E-state index is 12.8. The van der Waals surface area contributed by atoms with Gasteiger partial charge in [-0.3, -0.25) is 9.59 Å². The van der Waals surface area contributed by atoms with E-state index in [1.165, 1.54) is 0 Å². The average Bonchev–Trinajstić information content (AvgIpc) is 3.34. The lowest BCUT2D eigenvalue weighted by molar-refractivity contribution is -0.870. The standard InChI is InChI=1S/C62H97NO8/c1-6-8-10-12-14-16-18-20-22-24-26-28-29-30-31-33-35-37-39-41-43-45-47-49-51-53-60(65)71-58(57-70-62(61(66)67)68-55-54-63(3,4)5)56-69-59(64)52-50-48-46-44-42-40-38-36-34-32-27-25-23-21-19-17-15-13-11-9-7-2/h8-11,14-17,20-23,26-28,30-32,35-38,41,43,58,62H,6-7,12-13,18-19,24-25,29,33-34,39-40,42,44-57H2,1-5H3/p+1/b10-8-,11-9-,16-14-,17-15-,22-20-,23-21-,28-26-,31-30-,32-27-,37-35-,38-36-,43-41-.